The van der Waals surface area contributed by atoms with Crippen LogP contribution >= 0.6 is 0 Å². The van der Waals surface area contributed by atoms with Crippen LogP contribution in [-0.2, 0) is 6.54 Å². The molecule has 0 saturated heterocycles. The van der Waals surface area contributed by atoms with Gasteiger partial charge in [-0.15, -0.1) is 0 Å². The van der Waals surface area contributed by atoms with E-state index in [0.717, 1.165) is 5.56 Å². The van der Waals surface area contributed by atoms with Crippen LogP contribution in [0.25, 0.3) is 0 Å². The highest BCUT2D eigenvalue weighted by molar-refractivity contribution is 5.43. The van der Waals surface area contributed by atoms with Gasteiger partial charge in [-0.1, -0.05) is 30.3 Å². The van der Waals surface area contributed by atoms with Crippen molar-refractivity contribution in [2.75, 3.05) is 11.4 Å². The summed E-state index contributed by atoms with van der Waals surface area (Å²) < 4.78 is 5.28. The van der Waals surface area contributed by atoms with Crippen molar-refractivity contribution in [3.8, 4) is 6.07 Å². The second-order valence-corrected chi connectivity index (χ2v) is 5.41. The summed E-state index contributed by atoms with van der Waals surface area (Å²) in [5, 5.41) is 19.3. The fourth-order valence-corrected chi connectivity index (χ4v) is 2.46. The Kier molecular flexibility index (Phi) is 4.90. The van der Waals surface area contributed by atoms with Gasteiger partial charge >= 0.3 is 0 Å². The van der Waals surface area contributed by atoms with Gasteiger partial charge in [0.05, 0.1) is 18.4 Å². The van der Waals surface area contributed by atoms with E-state index in [1.165, 1.54) is 6.20 Å². The predicted molar refractivity (Wildman–Crippen MR) is 90.1 cm³/mol. The van der Waals surface area contributed by atoms with Gasteiger partial charge in [-0.25, -0.2) is 4.98 Å². The normalized spacial score (nSPS) is 11.7. The number of aliphatic hydroxyl groups is 1. The minimum absolute atomic E-state index is 0.335. The number of nitrogens with zero attached hydrogens (tertiary/aromatic N) is 3. The van der Waals surface area contributed by atoms with Crippen LogP contribution in [0, 0.1) is 11.3 Å². The van der Waals surface area contributed by atoms with Crippen LogP contribution in [0.15, 0.2) is 71.5 Å². The lowest BCUT2D eigenvalue weighted by Crippen LogP contribution is -2.28. The Bertz CT molecular complexity index is 793. The zero-order valence-electron chi connectivity index (χ0n) is 13.0. The molecule has 1 N–H and O–H groups in total. The molecule has 0 aliphatic heterocycles. The van der Waals surface area contributed by atoms with Gasteiger partial charge in [0.2, 0.25) is 0 Å². The lowest BCUT2D eigenvalue weighted by atomic mass is 10.2. The van der Waals surface area contributed by atoms with Crippen LogP contribution in [0.1, 0.15) is 23.0 Å². The van der Waals surface area contributed by atoms with Crippen LogP contribution in [0.3, 0.4) is 0 Å². The van der Waals surface area contributed by atoms with Crippen molar-refractivity contribution in [2.24, 2.45) is 0 Å². The molecule has 0 aliphatic carbocycles. The van der Waals surface area contributed by atoms with E-state index in [2.05, 4.69) is 11.1 Å². The maximum Gasteiger partial charge on any atom is 0.134 e. The number of nitriles is 1. The Morgan fingerprint density at radius 3 is 2.58 bits per heavy atom. The van der Waals surface area contributed by atoms with Crippen LogP contribution in [0.5, 0.6) is 0 Å². The summed E-state index contributed by atoms with van der Waals surface area (Å²) in [6.07, 6.45) is 2.31. The van der Waals surface area contributed by atoms with E-state index in [1.54, 1.807) is 30.5 Å². The van der Waals surface area contributed by atoms with Crippen molar-refractivity contribution in [2.45, 2.75) is 12.6 Å². The van der Waals surface area contributed by atoms with Crippen molar-refractivity contribution >= 4 is 5.82 Å². The molecule has 1 atom stereocenters. The first-order valence-electron chi connectivity index (χ1n) is 7.63. The van der Waals surface area contributed by atoms with Crippen LogP contribution in [0.2, 0.25) is 0 Å². The van der Waals surface area contributed by atoms with Crippen molar-refractivity contribution in [1.29, 1.82) is 5.26 Å². The molecule has 0 radical (unpaired) electrons. The van der Waals surface area contributed by atoms with Crippen molar-refractivity contribution < 1.29 is 9.52 Å². The highest BCUT2D eigenvalue weighted by Crippen LogP contribution is 2.21. The Balaban J connectivity index is 1.83. The number of aromatic nitrogens is 1. The van der Waals surface area contributed by atoms with Crippen molar-refractivity contribution in [3.63, 3.8) is 0 Å². The van der Waals surface area contributed by atoms with Crippen LogP contribution < -0.4 is 4.90 Å². The molecule has 5 nitrogen and oxygen atoms in total. The first-order chi connectivity index (χ1) is 11.8. The zero-order chi connectivity index (χ0) is 16.8. The molecule has 1 unspecified atom stereocenters. The summed E-state index contributed by atoms with van der Waals surface area (Å²) >= 11 is 0. The first-order valence-corrected chi connectivity index (χ1v) is 7.63. The summed E-state index contributed by atoms with van der Waals surface area (Å²) in [6.45, 7) is 0.929. The first kappa shape index (κ1) is 15.8. The maximum atomic E-state index is 10.4. The molecule has 0 amide bonds. The minimum Gasteiger partial charge on any atom is -0.467 e. The van der Waals surface area contributed by atoms with Crippen molar-refractivity contribution in [3.05, 3.63) is 83.9 Å². The fourth-order valence-electron chi connectivity index (χ4n) is 2.46. The van der Waals surface area contributed by atoms with Crippen molar-refractivity contribution in [1.82, 2.24) is 4.98 Å². The number of hydrogen-bond acceptors (Lipinski definition) is 5. The number of anilines is 1. The van der Waals surface area contributed by atoms with Gasteiger partial charge in [0.25, 0.3) is 0 Å². The molecule has 0 spiro atoms. The molecule has 3 rings (SSSR count). The van der Waals surface area contributed by atoms with E-state index in [-0.39, 0.29) is 0 Å². The molecule has 2 aromatic heterocycles. The van der Waals surface area contributed by atoms with Gasteiger partial charge in [-0.2, -0.15) is 5.26 Å². The monoisotopic (exact) mass is 319 g/mol. The lowest BCUT2D eigenvalue weighted by molar-refractivity contribution is 0.154. The largest absolute Gasteiger partial charge is 0.467 e. The Hall–Kier alpha value is -3.10. The van der Waals surface area contributed by atoms with E-state index in [4.69, 9.17) is 9.68 Å². The third kappa shape index (κ3) is 3.80. The quantitative estimate of drug-likeness (QED) is 0.755. The number of furan rings is 1. The lowest BCUT2D eigenvalue weighted by Gasteiger charge is -2.26. The number of hydrogen-bond donors (Lipinski definition) is 1. The number of aliphatic hydroxyl groups excluding tert-OH is 1. The smallest absolute Gasteiger partial charge is 0.134 e. The van der Waals surface area contributed by atoms with Gasteiger partial charge in [0.1, 0.15) is 23.8 Å². The topological polar surface area (TPSA) is 73.3 Å². The molecule has 0 fully saturated rings. The van der Waals surface area contributed by atoms with Gasteiger partial charge in [-0.05, 0) is 29.8 Å². The highest BCUT2D eigenvalue weighted by Gasteiger charge is 2.17. The van der Waals surface area contributed by atoms with E-state index in [9.17, 15) is 5.11 Å². The van der Waals surface area contributed by atoms with E-state index >= 15 is 0 Å². The Morgan fingerprint density at radius 2 is 1.96 bits per heavy atom. The maximum absolute atomic E-state index is 10.4. The summed E-state index contributed by atoms with van der Waals surface area (Å²) in [6, 6.07) is 19.0. The average Bonchev–Trinajstić information content (AvgIpc) is 3.17. The van der Waals surface area contributed by atoms with E-state index < -0.39 is 6.10 Å². The summed E-state index contributed by atoms with van der Waals surface area (Å²) in [4.78, 5) is 6.30. The zero-order valence-corrected chi connectivity index (χ0v) is 13.0. The second kappa shape index (κ2) is 7.44. The standard InChI is InChI=1S/C19H17N3O2/c20-11-16-8-9-19(21-12-16)22(13-15-5-2-1-3-6-15)14-17(23)18-7-4-10-24-18/h1-10,12,17,23H,13-14H2. The van der Waals surface area contributed by atoms with Crippen LogP contribution in [-0.4, -0.2) is 16.6 Å². The molecule has 0 bridgehead atoms. The summed E-state index contributed by atoms with van der Waals surface area (Å²) in [5.41, 5.74) is 1.61. The summed E-state index contributed by atoms with van der Waals surface area (Å²) in [5.74, 6) is 1.21. The Labute approximate surface area is 140 Å². The molecule has 120 valence electrons. The second-order valence-electron chi connectivity index (χ2n) is 5.41. The molecule has 24 heavy (non-hydrogen) atoms. The molecule has 3 aromatic rings. The molecular weight excluding hydrogens is 302 g/mol. The molecule has 0 saturated carbocycles. The third-order valence-electron chi connectivity index (χ3n) is 3.68. The Morgan fingerprint density at radius 1 is 1.12 bits per heavy atom. The van der Waals surface area contributed by atoms with E-state index in [0.29, 0.717) is 30.2 Å². The molecule has 2 heterocycles. The summed E-state index contributed by atoms with van der Waals surface area (Å²) in [7, 11) is 0. The van der Waals surface area contributed by atoms with Gasteiger partial charge in [-0.3, -0.25) is 0 Å². The van der Waals surface area contributed by atoms with Gasteiger partial charge < -0.3 is 14.4 Å². The fraction of sp³-hybridized carbons (Fsp3) is 0.158. The molecule has 1 aromatic carbocycles. The number of rotatable bonds is 6. The minimum atomic E-state index is -0.763. The van der Waals surface area contributed by atoms with Gasteiger partial charge in [0.15, 0.2) is 0 Å². The molecule has 5 heteroatoms. The van der Waals surface area contributed by atoms with Gasteiger partial charge in [0, 0.05) is 12.7 Å². The van der Waals surface area contributed by atoms with Crippen LogP contribution in [0.4, 0.5) is 5.82 Å². The third-order valence-corrected chi connectivity index (χ3v) is 3.68. The predicted octanol–water partition coefficient (Wildman–Crippen LogP) is 3.29. The highest BCUT2D eigenvalue weighted by atomic mass is 16.4. The molecular formula is C19H17N3O2. The SMILES string of the molecule is N#Cc1ccc(N(Cc2ccccc2)CC(O)c2ccco2)nc1. The van der Waals surface area contributed by atoms with E-state index in [1.807, 2.05) is 35.2 Å². The number of benzene rings is 1. The average molecular weight is 319 g/mol. The number of pyridine rings is 1. The molecule has 0 aliphatic rings.